The summed E-state index contributed by atoms with van der Waals surface area (Å²) in [6.45, 7) is 0.0472. The summed E-state index contributed by atoms with van der Waals surface area (Å²) in [5.41, 5.74) is 2.13. The van der Waals surface area contributed by atoms with Gasteiger partial charge in [-0.25, -0.2) is 4.98 Å². The third-order valence-electron chi connectivity index (χ3n) is 4.21. The number of hydrogen-bond donors (Lipinski definition) is 3. The number of nitrogens with one attached hydrogen (secondary N) is 2. The van der Waals surface area contributed by atoms with Crippen LogP contribution in [-0.2, 0) is 4.79 Å². The number of aliphatic hydroxyl groups is 1. The standard InChI is InChI=1S/C21H21N5O3/c1-26(13-20(28)23-14-6-5-7-15(10-14)29-2)12-19(27)16(11-22)21-24-17-8-3-4-9-18(17)25-21/h3-10,27H,12-13H2,1-2H3,(H,23,28)(H,24,25)/b19-16-. The molecule has 0 aliphatic heterocycles. The first kappa shape index (κ1) is 19.9. The highest BCUT2D eigenvalue weighted by molar-refractivity contribution is 5.92. The summed E-state index contributed by atoms with van der Waals surface area (Å²) in [5, 5.41) is 22.7. The molecule has 1 aromatic heterocycles. The summed E-state index contributed by atoms with van der Waals surface area (Å²) in [5.74, 6) is 0.515. The van der Waals surface area contributed by atoms with E-state index in [9.17, 15) is 15.2 Å². The Bertz CT molecular complexity index is 1060. The molecule has 0 unspecified atom stereocenters. The van der Waals surface area contributed by atoms with Crippen LogP contribution in [0.25, 0.3) is 16.6 Å². The molecular formula is C21H21N5O3. The maximum atomic E-state index is 12.3. The zero-order valence-electron chi connectivity index (χ0n) is 16.1. The molecule has 29 heavy (non-hydrogen) atoms. The second-order valence-corrected chi connectivity index (χ2v) is 6.49. The van der Waals surface area contributed by atoms with Crippen LogP contribution in [0.2, 0.25) is 0 Å². The summed E-state index contributed by atoms with van der Waals surface area (Å²) >= 11 is 0. The average molecular weight is 391 g/mol. The molecule has 0 aliphatic carbocycles. The number of H-pyrrole nitrogens is 1. The average Bonchev–Trinajstić information content (AvgIpc) is 3.11. The minimum absolute atomic E-state index is 0.0193. The number of amides is 1. The van der Waals surface area contributed by atoms with Crippen LogP contribution in [0, 0.1) is 11.3 Å². The van der Waals surface area contributed by atoms with E-state index in [1.54, 1.807) is 43.3 Å². The van der Waals surface area contributed by atoms with Crippen molar-refractivity contribution in [1.29, 1.82) is 5.26 Å². The highest BCUT2D eigenvalue weighted by Crippen LogP contribution is 2.19. The van der Waals surface area contributed by atoms with E-state index in [4.69, 9.17) is 4.74 Å². The van der Waals surface area contributed by atoms with Crippen LogP contribution in [0.4, 0.5) is 5.69 Å². The van der Waals surface area contributed by atoms with Crippen LogP contribution in [0.3, 0.4) is 0 Å². The zero-order chi connectivity index (χ0) is 20.8. The Labute approximate surface area is 168 Å². The number of hydrogen-bond acceptors (Lipinski definition) is 6. The van der Waals surface area contributed by atoms with Crippen LogP contribution in [0.1, 0.15) is 5.82 Å². The van der Waals surface area contributed by atoms with Gasteiger partial charge in [-0.1, -0.05) is 18.2 Å². The molecule has 148 valence electrons. The minimum atomic E-state index is -0.254. The predicted octanol–water partition coefficient (Wildman–Crippen LogP) is 2.93. The van der Waals surface area contributed by atoms with Crippen molar-refractivity contribution in [3.8, 4) is 11.8 Å². The Balaban J connectivity index is 1.66. The van der Waals surface area contributed by atoms with Crippen molar-refractivity contribution in [1.82, 2.24) is 14.9 Å². The lowest BCUT2D eigenvalue weighted by molar-refractivity contribution is -0.117. The van der Waals surface area contributed by atoms with E-state index in [-0.39, 0.29) is 30.3 Å². The van der Waals surface area contributed by atoms with E-state index >= 15 is 0 Å². The molecule has 0 radical (unpaired) electrons. The first-order chi connectivity index (χ1) is 14.0. The molecular weight excluding hydrogens is 370 g/mol. The van der Waals surface area contributed by atoms with Gasteiger partial charge in [-0.15, -0.1) is 0 Å². The number of nitriles is 1. The van der Waals surface area contributed by atoms with Crippen molar-refractivity contribution in [2.24, 2.45) is 0 Å². The third-order valence-corrected chi connectivity index (χ3v) is 4.21. The molecule has 0 fully saturated rings. The Morgan fingerprint density at radius 3 is 2.79 bits per heavy atom. The monoisotopic (exact) mass is 391 g/mol. The van der Waals surface area contributed by atoms with Crippen LogP contribution in [-0.4, -0.2) is 53.1 Å². The molecule has 0 spiro atoms. The second kappa shape index (κ2) is 8.91. The van der Waals surface area contributed by atoms with E-state index in [0.717, 1.165) is 5.52 Å². The SMILES string of the molecule is COc1cccc(NC(=O)CN(C)C/C(O)=C(\C#N)c2nc3ccccc3[nH]2)c1. The predicted molar refractivity (Wildman–Crippen MR) is 110 cm³/mol. The number of nitrogens with zero attached hydrogens (tertiary/aromatic N) is 3. The number of aromatic amines is 1. The fraction of sp³-hybridized carbons (Fsp3) is 0.190. The molecule has 3 rings (SSSR count). The smallest absolute Gasteiger partial charge is 0.238 e. The molecule has 8 heteroatoms. The third kappa shape index (κ3) is 4.91. The summed E-state index contributed by atoms with van der Waals surface area (Å²) in [6.07, 6.45) is 0. The van der Waals surface area contributed by atoms with Gasteiger partial charge in [0.05, 0.1) is 31.2 Å². The quantitative estimate of drug-likeness (QED) is 0.421. The van der Waals surface area contributed by atoms with Gasteiger partial charge >= 0.3 is 0 Å². The fourth-order valence-electron chi connectivity index (χ4n) is 2.86. The van der Waals surface area contributed by atoms with Gasteiger partial charge in [0.15, 0.2) is 5.82 Å². The summed E-state index contributed by atoms with van der Waals surface area (Å²) < 4.78 is 5.13. The normalized spacial score (nSPS) is 11.8. The van der Waals surface area contributed by atoms with Crippen molar-refractivity contribution < 1.29 is 14.6 Å². The molecule has 1 amide bonds. The number of anilines is 1. The largest absolute Gasteiger partial charge is 0.509 e. The molecule has 3 N–H and O–H groups in total. The maximum absolute atomic E-state index is 12.3. The topological polar surface area (TPSA) is 114 Å². The number of para-hydroxylation sites is 2. The van der Waals surface area contributed by atoms with Crippen LogP contribution >= 0.6 is 0 Å². The van der Waals surface area contributed by atoms with Crippen molar-refractivity contribution in [3.63, 3.8) is 0 Å². The van der Waals surface area contributed by atoms with Crippen LogP contribution in [0.15, 0.2) is 54.3 Å². The molecule has 0 aliphatic rings. The number of carbonyl (C=O) groups is 1. The van der Waals surface area contributed by atoms with Crippen LogP contribution < -0.4 is 10.1 Å². The zero-order valence-corrected chi connectivity index (χ0v) is 16.1. The number of methoxy groups -OCH3 is 1. The van der Waals surface area contributed by atoms with Crippen molar-refractivity contribution in [2.75, 3.05) is 32.6 Å². The van der Waals surface area contributed by atoms with Gasteiger partial charge in [0, 0.05) is 11.8 Å². The van der Waals surface area contributed by atoms with Crippen molar-refractivity contribution in [3.05, 3.63) is 60.1 Å². The number of benzene rings is 2. The molecule has 0 atom stereocenters. The first-order valence-electron chi connectivity index (χ1n) is 8.90. The Morgan fingerprint density at radius 1 is 1.28 bits per heavy atom. The lowest BCUT2D eigenvalue weighted by Crippen LogP contribution is -2.31. The molecule has 3 aromatic rings. The highest BCUT2D eigenvalue weighted by Gasteiger charge is 2.16. The van der Waals surface area contributed by atoms with Gasteiger partial charge in [0.25, 0.3) is 0 Å². The van der Waals surface area contributed by atoms with E-state index in [0.29, 0.717) is 22.8 Å². The van der Waals surface area contributed by atoms with Gasteiger partial charge in [-0.05, 0) is 31.3 Å². The van der Waals surface area contributed by atoms with E-state index in [2.05, 4.69) is 15.3 Å². The Morgan fingerprint density at radius 2 is 2.07 bits per heavy atom. The van der Waals surface area contributed by atoms with E-state index in [1.807, 2.05) is 30.3 Å². The number of carbonyl (C=O) groups excluding carboxylic acids is 1. The fourth-order valence-corrected chi connectivity index (χ4v) is 2.86. The first-order valence-corrected chi connectivity index (χ1v) is 8.90. The Kier molecular flexibility index (Phi) is 6.12. The van der Waals surface area contributed by atoms with Gasteiger partial charge in [0.2, 0.25) is 5.91 Å². The summed E-state index contributed by atoms with van der Waals surface area (Å²) in [4.78, 5) is 21.2. The van der Waals surface area contributed by atoms with E-state index < -0.39 is 0 Å². The highest BCUT2D eigenvalue weighted by atomic mass is 16.5. The van der Waals surface area contributed by atoms with Crippen LogP contribution in [0.5, 0.6) is 5.75 Å². The van der Waals surface area contributed by atoms with Gasteiger partial charge in [-0.2, -0.15) is 5.26 Å². The maximum Gasteiger partial charge on any atom is 0.238 e. The van der Waals surface area contributed by atoms with Gasteiger partial charge < -0.3 is 20.1 Å². The summed E-state index contributed by atoms with van der Waals surface area (Å²) in [6, 6.07) is 16.4. The second-order valence-electron chi connectivity index (χ2n) is 6.49. The molecule has 0 saturated carbocycles. The number of likely N-dealkylation sites (N-methyl/N-ethyl adjacent to an activating group) is 1. The minimum Gasteiger partial charge on any atom is -0.509 e. The number of imidazole rings is 1. The van der Waals surface area contributed by atoms with Crippen molar-refractivity contribution in [2.45, 2.75) is 0 Å². The lowest BCUT2D eigenvalue weighted by atomic mass is 10.2. The molecule has 0 saturated heterocycles. The van der Waals surface area contributed by atoms with Gasteiger partial charge in [-0.3, -0.25) is 9.69 Å². The summed E-state index contributed by atoms with van der Waals surface area (Å²) in [7, 11) is 3.23. The number of aliphatic hydroxyl groups excluding tert-OH is 1. The van der Waals surface area contributed by atoms with E-state index in [1.165, 1.54) is 0 Å². The number of fused-ring (bicyclic) bond motifs is 1. The number of ether oxygens (including phenoxy) is 1. The molecule has 1 heterocycles. The van der Waals surface area contributed by atoms with Gasteiger partial charge in [0.1, 0.15) is 23.2 Å². The molecule has 0 bridgehead atoms. The molecule has 2 aromatic carbocycles. The lowest BCUT2D eigenvalue weighted by Gasteiger charge is -2.16. The number of aromatic nitrogens is 2. The van der Waals surface area contributed by atoms with Crippen molar-refractivity contribution >= 4 is 28.2 Å². The Hall–Kier alpha value is -3.83. The number of rotatable bonds is 7. The number of allylic oxidation sites excluding steroid dienone is 1. The molecule has 8 nitrogen and oxygen atoms in total.